The largest absolute Gasteiger partial charge is 0.317 e. The van der Waals surface area contributed by atoms with Gasteiger partial charge in [-0.25, -0.2) is 0 Å². The summed E-state index contributed by atoms with van der Waals surface area (Å²) in [4.78, 5) is 2.61. The van der Waals surface area contributed by atoms with Crippen molar-refractivity contribution >= 4 is 0 Å². The van der Waals surface area contributed by atoms with Crippen molar-refractivity contribution in [2.24, 2.45) is 0 Å². The Labute approximate surface area is 105 Å². The van der Waals surface area contributed by atoms with Crippen LogP contribution in [0.25, 0.3) is 0 Å². The van der Waals surface area contributed by atoms with Gasteiger partial charge in [0.05, 0.1) is 0 Å². The van der Waals surface area contributed by atoms with Crippen molar-refractivity contribution in [3.8, 4) is 0 Å². The van der Waals surface area contributed by atoms with E-state index in [1.54, 1.807) is 5.56 Å². The van der Waals surface area contributed by atoms with Crippen molar-refractivity contribution in [1.29, 1.82) is 0 Å². The van der Waals surface area contributed by atoms with Crippen LogP contribution in [0.5, 0.6) is 0 Å². The van der Waals surface area contributed by atoms with Gasteiger partial charge in [0.25, 0.3) is 0 Å². The smallest absolute Gasteiger partial charge is 0.0239 e. The lowest BCUT2D eigenvalue weighted by Crippen LogP contribution is -2.39. The van der Waals surface area contributed by atoms with Crippen LogP contribution in [0.2, 0.25) is 0 Å². The molecule has 17 heavy (non-hydrogen) atoms. The van der Waals surface area contributed by atoms with Crippen LogP contribution >= 0.6 is 0 Å². The van der Waals surface area contributed by atoms with Gasteiger partial charge in [-0.2, -0.15) is 0 Å². The van der Waals surface area contributed by atoms with Gasteiger partial charge in [0.1, 0.15) is 0 Å². The Bertz CT molecular complexity index is 349. The summed E-state index contributed by atoms with van der Waals surface area (Å²) in [6.45, 7) is 9.08. The van der Waals surface area contributed by atoms with Crippen LogP contribution in [0, 0.1) is 0 Å². The molecular formula is C15H24N2. The third kappa shape index (κ3) is 3.30. The van der Waals surface area contributed by atoms with E-state index in [4.69, 9.17) is 0 Å². The van der Waals surface area contributed by atoms with Gasteiger partial charge in [-0.1, -0.05) is 31.2 Å². The lowest BCUT2D eigenvalue weighted by atomic mass is 9.98. The number of fused-ring (bicyclic) bond motifs is 1. The fourth-order valence-corrected chi connectivity index (χ4v) is 2.56. The summed E-state index contributed by atoms with van der Waals surface area (Å²) in [5.41, 5.74) is 3.07. The molecule has 0 aromatic heterocycles. The molecule has 0 saturated carbocycles. The van der Waals surface area contributed by atoms with Gasteiger partial charge in [0, 0.05) is 19.1 Å². The zero-order valence-corrected chi connectivity index (χ0v) is 11.1. The maximum Gasteiger partial charge on any atom is 0.0239 e. The van der Waals surface area contributed by atoms with Crippen LogP contribution in [-0.4, -0.2) is 30.6 Å². The van der Waals surface area contributed by atoms with E-state index >= 15 is 0 Å². The summed E-state index contributed by atoms with van der Waals surface area (Å²) in [7, 11) is 0. The van der Waals surface area contributed by atoms with Gasteiger partial charge in [0.2, 0.25) is 0 Å². The van der Waals surface area contributed by atoms with Gasteiger partial charge in [-0.3, -0.25) is 4.90 Å². The first-order valence-electron chi connectivity index (χ1n) is 6.82. The van der Waals surface area contributed by atoms with E-state index in [0.717, 1.165) is 19.6 Å². The van der Waals surface area contributed by atoms with Crippen molar-refractivity contribution in [2.45, 2.75) is 39.3 Å². The van der Waals surface area contributed by atoms with Crippen molar-refractivity contribution < 1.29 is 0 Å². The Kier molecular flexibility index (Phi) is 4.57. The highest BCUT2D eigenvalue weighted by Crippen LogP contribution is 2.20. The molecule has 0 saturated heterocycles. The minimum Gasteiger partial charge on any atom is -0.317 e. The molecule has 1 aromatic carbocycles. The first-order valence-corrected chi connectivity index (χ1v) is 6.82. The number of hydrogen-bond acceptors (Lipinski definition) is 2. The molecule has 1 N–H and O–H groups in total. The summed E-state index contributed by atoms with van der Waals surface area (Å²) in [5.74, 6) is 0. The summed E-state index contributed by atoms with van der Waals surface area (Å²) in [6.07, 6.45) is 2.46. The van der Waals surface area contributed by atoms with Crippen LogP contribution in [0.1, 0.15) is 31.4 Å². The lowest BCUT2D eigenvalue weighted by molar-refractivity contribution is 0.182. The predicted octanol–water partition coefficient (Wildman–Crippen LogP) is 2.43. The fourth-order valence-electron chi connectivity index (χ4n) is 2.56. The normalized spacial score (nSPS) is 17.8. The minimum absolute atomic E-state index is 0.683. The Balaban J connectivity index is 1.88. The molecule has 1 unspecified atom stereocenters. The predicted molar refractivity (Wildman–Crippen MR) is 73.2 cm³/mol. The average Bonchev–Trinajstić information content (AvgIpc) is 2.38. The third-order valence-corrected chi connectivity index (χ3v) is 3.77. The van der Waals surface area contributed by atoms with Gasteiger partial charge < -0.3 is 5.32 Å². The maximum absolute atomic E-state index is 3.41. The zero-order chi connectivity index (χ0) is 12.1. The third-order valence-electron chi connectivity index (χ3n) is 3.77. The number of nitrogens with one attached hydrogen (secondary N) is 1. The van der Waals surface area contributed by atoms with Crippen LogP contribution in [0.15, 0.2) is 24.3 Å². The first kappa shape index (κ1) is 12.6. The zero-order valence-electron chi connectivity index (χ0n) is 11.1. The molecular weight excluding hydrogens is 208 g/mol. The Morgan fingerprint density at radius 1 is 1.29 bits per heavy atom. The molecule has 1 aliphatic heterocycles. The van der Waals surface area contributed by atoms with E-state index in [1.165, 1.54) is 24.9 Å². The lowest BCUT2D eigenvalue weighted by Gasteiger charge is -2.33. The quantitative estimate of drug-likeness (QED) is 0.784. The average molecular weight is 232 g/mol. The van der Waals surface area contributed by atoms with E-state index in [0.29, 0.717) is 6.04 Å². The molecule has 2 heteroatoms. The summed E-state index contributed by atoms with van der Waals surface area (Å²) in [6, 6.07) is 9.55. The molecule has 1 atom stereocenters. The van der Waals surface area contributed by atoms with Crippen LogP contribution in [0.3, 0.4) is 0 Å². The molecule has 1 aromatic rings. The fraction of sp³-hybridized carbons (Fsp3) is 0.600. The molecule has 2 nitrogen and oxygen atoms in total. The second-order valence-electron chi connectivity index (χ2n) is 4.98. The van der Waals surface area contributed by atoms with E-state index in [2.05, 4.69) is 48.3 Å². The Morgan fingerprint density at radius 2 is 2.06 bits per heavy atom. The summed E-state index contributed by atoms with van der Waals surface area (Å²) >= 11 is 0. The van der Waals surface area contributed by atoms with Crippen molar-refractivity contribution in [1.82, 2.24) is 10.2 Å². The molecule has 0 radical (unpaired) electrons. The highest BCUT2D eigenvalue weighted by molar-refractivity contribution is 5.29. The number of nitrogens with zero attached hydrogens (tertiary/aromatic N) is 1. The van der Waals surface area contributed by atoms with Crippen molar-refractivity contribution in [3.63, 3.8) is 0 Å². The number of benzene rings is 1. The highest BCUT2D eigenvalue weighted by atomic mass is 15.2. The summed E-state index contributed by atoms with van der Waals surface area (Å²) in [5, 5.41) is 3.41. The molecule has 2 rings (SSSR count). The van der Waals surface area contributed by atoms with Crippen LogP contribution in [-0.2, 0) is 13.0 Å². The number of rotatable bonds is 5. The van der Waals surface area contributed by atoms with Gasteiger partial charge in [0.15, 0.2) is 0 Å². The van der Waals surface area contributed by atoms with Gasteiger partial charge >= 0.3 is 0 Å². The van der Waals surface area contributed by atoms with E-state index in [1.807, 2.05) is 0 Å². The molecule has 1 heterocycles. The molecule has 94 valence electrons. The second kappa shape index (κ2) is 6.18. The Morgan fingerprint density at radius 3 is 2.82 bits per heavy atom. The molecule has 0 bridgehead atoms. The van der Waals surface area contributed by atoms with Crippen LogP contribution in [0.4, 0.5) is 0 Å². The SMILES string of the molecule is CCNCCC(C)N1CCc2ccccc2C1. The van der Waals surface area contributed by atoms with Crippen molar-refractivity contribution in [3.05, 3.63) is 35.4 Å². The monoisotopic (exact) mass is 232 g/mol. The molecule has 0 spiro atoms. The van der Waals surface area contributed by atoms with Crippen molar-refractivity contribution in [2.75, 3.05) is 19.6 Å². The molecule has 0 aliphatic carbocycles. The number of hydrogen-bond donors (Lipinski definition) is 1. The van der Waals surface area contributed by atoms with E-state index in [9.17, 15) is 0 Å². The van der Waals surface area contributed by atoms with Gasteiger partial charge in [-0.15, -0.1) is 0 Å². The maximum atomic E-state index is 3.41. The summed E-state index contributed by atoms with van der Waals surface area (Å²) < 4.78 is 0. The first-order chi connectivity index (χ1) is 8.31. The molecule has 0 amide bonds. The molecule has 0 fully saturated rings. The van der Waals surface area contributed by atoms with E-state index in [-0.39, 0.29) is 0 Å². The standard InChI is InChI=1S/C15H24N2/c1-3-16-10-8-13(2)17-11-9-14-6-4-5-7-15(14)12-17/h4-7,13,16H,3,8-12H2,1-2H3. The minimum atomic E-state index is 0.683. The van der Waals surface area contributed by atoms with Gasteiger partial charge in [-0.05, 0) is 44.0 Å². The Hall–Kier alpha value is -0.860. The highest BCUT2D eigenvalue weighted by Gasteiger charge is 2.19. The second-order valence-corrected chi connectivity index (χ2v) is 4.98. The van der Waals surface area contributed by atoms with E-state index < -0.39 is 0 Å². The molecule has 1 aliphatic rings. The van der Waals surface area contributed by atoms with Crippen LogP contribution < -0.4 is 5.32 Å². The topological polar surface area (TPSA) is 15.3 Å².